The van der Waals surface area contributed by atoms with Gasteiger partial charge in [0.1, 0.15) is 0 Å². The van der Waals surface area contributed by atoms with E-state index < -0.39 is 0 Å². The Labute approximate surface area is 161 Å². The second kappa shape index (κ2) is 8.34. The van der Waals surface area contributed by atoms with Gasteiger partial charge in [-0.1, -0.05) is 12.1 Å². The Hall–Kier alpha value is -1.01. The minimum Gasteiger partial charge on any atom is -0.361 e. The summed E-state index contributed by atoms with van der Waals surface area (Å²) in [7, 11) is 0. The lowest BCUT2D eigenvalue weighted by molar-refractivity contribution is 0.218. The lowest BCUT2D eigenvalue weighted by Gasteiger charge is -2.24. The zero-order valence-electron chi connectivity index (χ0n) is 16.1. The molecule has 1 unspecified atom stereocenters. The number of rotatable bonds is 4. The maximum atomic E-state index is 3.53. The number of benzene rings is 1. The molecule has 2 N–H and O–H groups in total. The molecule has 1 aromatic carbocycles. The van der Waals surface area contributed by atoms with Crippen molar-refractivity contribution in [3.63, 3.8) is 0 Å². The van der Waals surface area contributed by atoms with Gasteiger partial charge in [0, 0.05) is 66.9 Å². The van der Waals surface area contributed by atoms with Gasteiger partial charge in [0.2, 0.25) is 0 Å². The lowest BCUT2D eigenvalue weighted by Crippen LogP contribution is -2.34. The smallest absolute Gasteiger partial charge is 0.0460 e. The summed E-state index contributed by atoms with van der Waals surface area (Å²) in [5.74, 6) is 1.21. The Bertz CT molecular complexity index is 720. The number of hydrogen-bond donors (Lipinski definition) is 2. The van der Waals surface area contributed by atoms with E-state index >= 15 is 0 Å². The van der Waals surface area contributed by atoms with Crippen LogP contribution in [0.3, 0.4) is 0 Å². The van der Waals surface area contributed by atoms with E-state index in [0.29, 0.717) is 11.3 Å². The first-order valence-electron chi connectivity index (χ1n) is 10.1. The SMILES string of the molecule is CC(C)N1CCCN(Cc2c[nH]c3cc(C4CNCCS4)ccc23)CC1. The van der Waals surface area contributed by atoms with Crippen LogP contribution in [0.2, 0.25) is 0 Å². The molecule has 0 saturated carbocycles. The Balaban J connectivity index is 1.45. The number of hydrogen-bond acceptors (Lipinski definition) is 4. The Morgan fingerprint density at radius 1 is 1.19 bits per heavy atom. The van der Waals surface area contributed by atoms with Gasteiger partial charge in [-0.2, -0.15) is 11.8 Å². The number of aromatic amines is 1. The van der Waals surface area contributed by atoms with E-state index in [4.69, 9.17) is 0 Å². The predicted octanol–water partition coefficient (Wildman–Crippen LogP) is 3.46. The Morgan fingerprint density at radius 2 is 2.12 bits per heavy atom. The van der Waals surface area contributed by atoms with Gasteiger partial charge in [-0.3, -0.25) is 9.80 Å². The normalized spacial score (nSPS) is 23.6. The molecule has 0 aliphatic carbocycles. The Morgan fingerprint density at radius 3 is 2.92 bits per heavy atom. The first kappa shape index (κ1) is 18.4. The number of thioether (sulfide) groups is 1. The number of fused-ring (bicyclic) bond motifs is 1. The molecule has 2 aliphatic heterocycles. The summed E-state index contributed by atoms with van der Waals surface area (Å²) in [5, 5.41) is 5.50. The summed E-state index contributed by atoms with van der Waals surface area (Å²) in [5.41, 5.74) is 4.19. The molecule has 1 atom stereocenters. The van der Waals surface area contributed by atoms with E-state index in [-0.39, 0.29) is 0 Å². The summed E-state index contributed by atoms with van der Waals surface area (Å²) in [6.45, 7) is 12.7. The highest BCUT2D eigenvalue weighted by Gasteiger charge is 2.19. The van der Waals surface area contributed by atoms with Gasteiger partial charge < -0.3 is 10.3 Å². The van der Waals surface area contributed by atoms with E-state index in [2.05, 4.69) is 70.1 Å². The van der Waals surface area contributed by atoms with E-state index in [0.717, 1.165) is 19.6 Å². The van der Waals surface area contributed by atoms with Crippen LogP contribution < -0.4 is 5.32 Å². The third-order valence-electron chi connectivity index (χ3n) is 5.84. The molecule has 0 radical (unpaired) electrons. The van der Waals surface area contributed by atoms with Gasteiger partial charge in [-0.05, 0) is 50.6 Å². The first-order valence-corrected chi connectivity index (χ1v) is 11.1. The van der Waals surface area contributed by atoms with E-state index in [9.17, 15) is 0 Å². The van der Waals surface area contributed by atoms with Gasteiger partial charge in [-0.15, -0.1) is 0 Å². The van der Waals surface area contributed by atoms with Crippen molar-refractivity contribution in [2.24, 2.45) is 0 Å². The average molecular weight is 373 g/mol. The van der Waals surface area contributed by atoms with Crippen LogP contribution in [-0.2, 0) is 6.54 Å². The fourth-order valence-electron chi connectivity index (χ4n) is 4.22. The number of nitrogens with one attached hydrogen (secondary N) is 2. The Kier molecular flexibility index (Phi) is 5.89. The maximum absolute atomic E-state index is 3.53. The number of aromatic nitrogens is 1. The maximum Gasteiger partial charge on any atom is 0.0460 e. The number of H-pyrrole nitrogens is 1. The molecule has 4 rings (SSSR count). The third kappa shape index (κ3) is 4.11. The predicted molar refractivity (Wildman–Crippen MR) is 113 cm³/mol. The van der Waals surface area contributed by atoms with Crippen molar-refractivity contribution >= 4 is 22.7 Å². The average Bonchev–Trinajstić information content (AvgIpc) is 2.90. The van der Waals surface area contributed by atoms with Crippen LogP contribution >= 0.6 is 11.8 Å². The molecule has 2 fully saturated rings. The summed E-state index contributed by atoms with van der Waals surface area (Å²) in [6, 6.07) is 7.71. The largest absolute Gasteiger partial charge is 0.361 e. The van der Waals surface area contributed by atoms with Crippen molar-refractivity contribution in [1.82, 2.24) is 20.1 Å². The zero-order valence-corrected chi connectivity index (χ0v) is 16.9. The van der Waals surface area contributed by atoms with Crippen LogP contribution in [0.4, 0.5) is 0 Å². The molecule has 3 heterocycles. The van der Waals surface area contributed by atoms with E-state index in [1.807, 2.05) is 0 Å². The summed E-state index contributed by atoms with van der Waals surface area (Å²) in [4.78, 5) is 8.77. The molecule has 0 amide bonds. The third-order valence-corrected chi connectivity index (χ3v) is 7.12. The number of nitrogens with zero attached hydrogens (tertiary/aromatic N) is 2. The monoisotopic (exact) mass is 372 g/mol. The van der Waals surface area contributed by atoms with Crippen molar-refractivity contribution in [1.29, 1.82) is 0 Å². The molecule has 2 aromatic rings. The van der Waals surface area contributed by atoms with Gasteiger partial charge >= 0.3 is 0 Å². The van der Waals surface area contributed by atoms with Crippen LogP contribution in [0.15, 0.2) is 24.4 Å². The van der Waals surface area contributed by atoms with Crippen molar-refractivity contribution in [3.8, 4) is 0 Å². The van der Waals surface area contributed by atoms with Crippen molar-refractivity contribution in [2.45, 2.75) is 38.1 Å². The van der Waals surface area contributed by atoms with Crippen LogP contribution in [0.1, 0.15) is 36.6 Å². The second-order valence-corrected chi connectivity index (χ2v) is 9.25. The summed E-state index contributed by atoms with van der Waals surface area (Å²) in [6.07, 6.45) is 3.50. The second-order valence-electron chi connectivity index (χ2n) is 7.94. The highest BCUT2D eigenvalue weighted by molar-refractivity contribution is 7.99. The summed E-state index contributed by atoms with van der Waals surface area (Å²) < 4.78 is 0. The van der Waals surface area contributed by atoms with Crippen LogP contribution in [0, 0.1) is 0 Å². The fraction of sp³-hybridized carbons (Fsp3) is 0.619. The molecule has 2 saturated heterocycles. The molecular weight excluding hydrogens is 340 g/mol. The molecule has 142 valence electrons. The molecule has 2 aliphatic rings. The molecule has 5 heteroatoms. The highest BCUT2D eigenvalue weighted by atomic mass is 32.2. The van der Waals surface area contributed by atoms with E-state index in [1.54, 1.807) is 0 Å². The minimum absolute atomic E-state index is 0.590. The van der Waals surface area contributed by atoms with Crippen LogP contribution in [0.5, 0.6) is 0 Å². The van der Waals surface area contributed by atoms with Crippen molar-refractivity contribution < 1.29 is 0 Å². The zero-order chi connectivity index (χ0) is 17.9. The molecule has 26 heavy (non-hydrogen) atoms. The van der Waals surface area contributed by atoms with Crippen LogP contribution in [-0.4, -0.2) is 65.8 Å². The molecular formula is C21H32N4S. The lowest BCUT2D eigenvalue weighted by atomic mass is 10.1. The van der Waals surface area contributed by atoms with Gasteiger partial charge in [0.05, 0.1) is 0 Å². The topological polar surface area (TPSA) is 34.3 Å². The first-order chi connectivity index (χ1) is 12.7. The highest BCUT2D eigenvalue weighted by Crippen LogP contribution is 2.32. The molecule has 0 spiro atoms. The fourth-order valence-corrected chi connectivity index (χ4v) is 5.34. The quantitative estimate of drug-likeness (QED) is 0.861. The van der Waals surface area contributed by atoms with Crippen molar-refractivity contribution in [2.75, 3.05) is 45.0 Å². The molecule has 4 nitrogen and oxygen atoms in total. The molecule has 1 aromatic heterocycles. The van der Waals surface area contributed by atoms with Gasteiger partial charge in [-0.25, -0.2) is 0 Å². The molecule has 0 bridgehead atoms. The van der Waals surface area contributed by atoms with Gasteiger partial charge in [0.25, 0.3) is 0 Å². The minimum atomic E-state index is 0.590. The summed E-state index contributed by atoms with van der Waals surface area (Å²) >= 11 is 2.08. The van der Waals surface area contributed by atoms with Crippen molar-refractivity contribution in [3.05, 3.63) is 35.5 Å². The van der Waals surface area contributed by atoms with Gasteiger partial charge in [0.15, 0.2) is 0 Å². The standard InChI is InChI=1S/C21H32N4S/c1-16(2)25-8-3-7-24(9-10-25)15-18-13-23-20-12-17(4-5-19(18)20)21-14-22-6-11-26-21/h4-5,12-13,16,21-23H,3,6-11,14-15H2,1-2H3. The van der Waals surface area contributed by atoms with E-state index in [1.165, 1.54) is 60.4 Å². The van der Waals surface area contributed by atoms with Crippen LogP contribution in [0.25, 0.3) is 10.9 Å².